The van der Waals surface area contributed by atoms with E-state index in [1.54, 1.807) is 12.1 Å². The minimum absolute atomic E-state index is 0.00611. The number of ether oxygens (including phenoxy) is 2. The first-order valence-electron chi connectivity index (χ1n) is 8.03. The van der Waals surface area contributed by atoms with Crippen LogP contribution in [0.15, 0.2) is 23.1 Å². The van der Waals surface area contributed by atoms with Crippen LogP contribution in [0.2, 0.25) is 0 Å². The largest absolute Gasteiger partial charge is 0.493 e. The zero-order valence-corrected chi connectivity index (χ0v) is 14.4. The molecule has 0 bridgehead atoms. The van der Waals surface area contributed by atoms with Gasteiger partial charge in [-0.3, -0.25) is 4.90 Å². The van der Waals surface area contributed by atoms with Crippen molar-refractivity contribution in [2.45, 2.75) is 42.7 Å². The molecule has 3 rings (SSSR count). The third kappa shape index (κ3) is 3.32. The molecule has 1 aromatic carbocycles. The molecule has 2 aliphatic rings. The lowest BCUT2D eigenvalue weighted by Gasteiger charge is -2.32. The van der Waals surface area contributed by atoms with E-state index in [-0.39, 0.29) is 10.9 Å². The Hall–Kier alpha value is -1.31. The van der Waals surface area contributed by atoms with Gasteiger partial charge in [0.25, 0.3) is 0 Å². The third-order valence-corrected chi connectivity index (χ3v) is 6.32. The number of nitrogens with zero attached hydrogens (tertiary/aromatic N) is 1. The van der Waals surface area contributed by atoms with Crippen molar-refractivity contribution in [2.75, 3.05) is 27.3 Å². The molecule has 1 N–H and O–H groups in total. The Labute approximate surface area is 137 Å². The van der Waals surface area contributed by atoms with E-state index < -0.39 is 10.0 Å². The van der Waals surface area contributed by atoms with Gasteiger partial charge in [0.2, 0.25) is 10.0 Å². The Morgan fingerprint density at radius 2 is 1.87 bits per heavy atom. The fourth-order valence-electron chi connectivity index (χ4n) is 3.64. The molecule has 2 saturated heterocycles. The van der Waals surface area contributed by atoms with Crippen molar-refractivity contribution in [1.29, 1.82) is 0 Å². The maximum absolute atomic E-state index is 12.7. The van der Waals surface area contributed by atoms with Gasteiger partial charge in [-0.15, -0.1) is 0 Å². The minimum Gasteiger partial charge on any atom is -0.493 e. The van der Waals surface area contributed by atoms with Crippen LogP contribution in [0.4, 0.5) is 0 Å². The van der Waals surface area contributed by atoms with Crippen molar-refractivity contribution in [2.24, 2.45) is 0 Å². The molecule has 128 valence electrons. The Bertz CT molecular complexity index is 662. The lowest BCUT2D eigenvalue weighted by atomic mass is 10.00. The highest BCUT2D eigenvalue weighted by molar-refractivity contribution is 7.89. The van der Waals surface area contributed by atoms with E-state index in [1.807, 2.05) is 0 Å². The molecule has 23 heavy (non-hydrogen) atoms. The van der Waals surface area contributed by atoms with E-state index >= 15 is 0 Å². The van der Waals surface area contributed by atoms with Gasteiger partial charge in [0.05, 0.1) is 19.1 Å². The van der Waals surface area contributed by atoms with Gasteiger partial charge in [-0.05, 0) is 37.9 Å². The summed E-state index contributed by atoms with van der Waals surface area (Å²) in [5, 5.41) is 0. The number of nitrogens with one attached hydrogen (secondary N) is 1. The monoisotopic (exact) mass is 340 g/mol. The van der Waals surface area contributed by atoms with Crippen LogP contribution in [0.3, 0.4) is 0 Å². The first-order valence-corrected chi connectivity index (χ1v) is 9.52. The zero-order chi connectivity index (χ0) is 16.4. The molecule has 0 saturated carbocycles. The van der Waals surface area contributed by atoms with Crippen LogP contribution in [0.1, 0.15) is 25.7 Å². The maximum atomic E-state index is 12.7. The molecule has 6 nitrogen and oxygen atoms in total. The number of sulfonamides is 1. The summed E-state index contributed by atoms with van der Waals surface area (Å²) in [5.74, 6) is 0.937. The fourth-order valence-corrected chi connectivity index (χ4v) is 4.95. The number of hydrogen-bond donors (Lipinski definition) is 1. The predicted molar refractivity (Wildman–Crippen MR) is 87.5 cm³/mol. The smallest absolute Gasteiger partial charge is 0.241 e. The Morgan fingerprint density at radius 1 is 1.09 bits per heavy atom. The van der Waals surface area contributed by atoms with Crippen molar-refractivity contribution in [1.82, 2.24) is 9.62 Å². The highest BCUT2D eigenvalue weighted by Gasteiger charge is 2.37. The average Bonchev–Trinajstić information content (AvgIpc) is 2.96. The van der Waals surface area contributed by atoms with Crippen molar-refractivity contribution >= 4 is 10.0 Å². The third-order valence-electron chi connectivity index (χ3n) is 4.83. The number of benzene rings is 1. The first-order chi connectivity index (χ1) is 11.0. The number of methoxy groups -OCH3 is 2. The van der Waals surface area contributed by atoms with E-state index in [0.29, 0.717) is 17.5 Å². The lowest BCUT2D eigenvalue weighted by Crippen LogP contribution is -2.46. The van der Waals surface area contributed by atoms with E-state index in [2.05, 4.69) is 9.62 Å². The molecular weight excluding hydrogens is 316 g/mol. The summed E-state index contributed by atoms with van der Waals surface area (Å²) in [4.78, 5) is 2.62. The lowest BCUT2D eigenvalue weighted by molar-refractivity contribution is 0.186. The van der Waals surface area contributed by atoms with E-state index in [4.69, 9.17) is 9.47 Å². The predicted octanol–water partition coefficient (Wildman–Crippen LogP) is 1.61. The van der Waals surface area contributed by atoms with Gasteiger partial charge < -0.3 is 9.47 Å². The molecule has 0 radical (unpaired) electrons. The zero-order valence-electron chi connectivity index (χ0n) is 13.6. The quantitative estimate of drug-likeness (QED) is 0.882. The van der Waals surface area contributed by atoms with Gasteiger partial charge in [0, 0.05) is 24.7 Å². The van der Waals surface area contributed by atoms with Gasteiger partial charge in [0.15, 0.2) is 11.5 Å². The standard InChI is InChI=1S/C16H24N2O4S/c1-21-15-7-6-12(11-16(15)22-2)23(19,20)17-13-8-10-18-9-4-3-5-14(13)18/h6-7,11,13-14,17H,3-5,8-10H2,1-2H3/t13-,14+/m1/s1. The molecule has 0 unspecified atom stereocenters. The SMILES string of the molecule is COc1ccc(S(=O)(=O)N[C@@H]2CCN3CCCC[C@@H]23)cc1OC. The van der Waals surface area contributed by atoms with E-state index in [9.17, 15) is 8.42 Å². The fraction of sp³-hybridized carbons (Fsp3) is 0.625. The number of hydrogen-bond acceptors (Lipinski definition) is 5. The summed E-state index contributed by atoms with van der Waals surface area (Å²) in [6, 6.07) is 5.01. The second-order valence-corrected chi connectivity index (χ2v) is 7.85. The summed E-state index contributed by atoms with van der Waals surface area (Å²) in [6.07, 6.45) is 4.33. The maximum Gasteiger partial charge on any atom is 0.241 e. The number of piperidine rings is 1. The molecular formula is C16H24N2O4S. The summed E-state index contributed by atoms with van der Waals surface area (Å²) in [6.45, 7) is 2.06. The van der Waals surface area contributed by atoms with Crippen molar-refractivity contribution in [3.63, 3.8) is 0 Å². The van der Waals surface area contributed by atoms with Crippen molar-refractivity contribution in [3.8, 4) is 11.5 Å². The van der Waals surface area contributed by atoms with Crippen molar-refractivity contribution < 1.29 is 17.9 Å². The van der Waals surface area contributed by atoms with Gasteiger partial charge in [0.1, 0.15) is 0 Å². The topological polar surface area (TPSA) is 67.9 Å². The molecule has 2 heterocycles. The number of fused-ring (bicyclic) bond motifs is 1. The highest BCUT2D eigenvalue weighted by atomic mass is 32.2. The van der Waals surface area contributed by atoms with E-state index in [0.717, 1.165) is 25.9 Å². The Morgan fingerprint density at radius 3 is 2.61 bits per heavy atom. The van der Waals surface area contributed by atoms with Crippen LogP contribution in [0, 0.1) is 0 Å². The van der Waals surface area contributed by atoms with Gasteiger partial charge in [-0.2, -0.15) is 0 Å². The molecule has 0 amide bonds. The Kier molecular flexibility index (Phi) is 4.79. The Balaban J connectivity index is 1.79. The van der Waals surface area contributed by atoms with Gasteiger partial charge in [-0.1, -0.05) is 6.42 Å². The van der Waals surface area contributed by atoms with Gasteiger partial charge in [-0.25, -0.2) is 13.1 Å². The number of rotatable bonds is 5. The molecule has 7 heteroatoms. The molecule has 0 aromatic heterocycles. The van der Waals surface area contributed by atoms with Crippen LogP contribution in [-0.4, -0.2) is 52.7 Å². The summed E-state index contributed by atoms with van der Waals surface area (Å²) in [7, 11) is -0.537. The normalized spacial score (nSPS) is 25.1. The molecule has 0 spiro atoms. The minimum atomic E-state index is -3.56. The highest BCUT2D eigenvalue weighted by Crippen LogP contribution is 2.31. The first kappa shape index (κ1) is 16.5. The van der Waals surface area contributed by atoms with Crippen LogP contribution in [0.25, 0.3) is 0 Å². The van der Waals surface area contributed by atoms with Crippen molar-refractivity contribution in [3.05, 3.63) is 18.2 Å². The summed E-state index contributed by atoms with van der Waals surface area (Å²) in [5.41, 5.74) is 0. The average molecular weight is 340 g/mol. The second-order valence-electron chi connectivity index (χ2n) is 6.13. The molecule has 0 aliphatic carbocycles. The summed E-state index contributed by atoms with van der Waals surface area (Å²) < 4.78 is 38.7. The molecule has 2 aliphatic heterocycles. The van der Waals surface area contributed by atoms with E-state index in [1.165, 1.54) is 33.1 Å². The van der Waals surface area contributed by atoms with Crippen LogP contribution in [0.5, 0.6) is 11.5 Å². The van der Waals surface area contributed by atoms with Gasteiger partial charge >= 0.3 is 0 Å². The van der Waals surface area contributed by atoms with Crippen LogP contribution < -0.4 is 14.2 Å². The second kappa shape index (κ2) is 6.67. The molecule has 2 atom stereocenters. The molecule has 1 aromatic rings. The molecule has 2 fully saturated rings. The van der Waals surface area contributed by atoms with Crippen LogP contribution in [-0.2, 0) is 10.0 Å². The summed E-state index contributed by atoms with van der Waals surface area (Å²) >= 11 is 0. The van der Waals surface area contributed by atoms with Crippen LogP contribution >= 0.6 is 0 Å².